The number of rotatable bonds is 4. The van der Waals surface area contributed by atoms with Gasteiger partial charge in [0.05, 0.1) is 21.8 Å². The van der Waals surface area contributed by atoms with Gasteiger partial charge in [0.2, 0.25) is 0 Å². The van der Waals surface area contributed by atoms with Gasteiger partial charge >= 0.3 is 5.91 Å². The largest absolute Gasteiger partial charge is 0.507 e. The molecule has 1 aliphatic heterocycles. The van der Waals surface area contributed by atoms with Crippen LogP contribution in [0.1, 0.15) is 29.7 Å². The fourth-order valence-electron chi connectivity index (χ4n) is 4.03. The number of hydrogen-bond donors (Lipinski definition) is 1. The second-order valence-electron chi connectivity index (χ2n) is 7.88. The minimum absolute atomic E-state index is 0.0903. The lowest BCUT2D eigenvalue weighted by molar-refractivity contribution is -0.132. The SMILES string of the molecule is CCc1ccc2nc(N3C(=O)C(=O)/C(=C(/O)c4ccc(F)cc4)[C@H]3c3ccc(Cl)cc3)sc2c1. The minimum Gasteiger partial charge on any atom is -0.507 e. The van der Waals surface area contributed by atoms with Crippen LogP contribution in [0.3, 0.4) is 0 Å². The van der Waals surface area contributed by atoms with Crippen LogP contribution in [-0.2, 0) is 16.0 Å². The molecule has 1 fully saturated rings. The first kappa shape index (κ1) is 22.3. The summed E-state index contributed by atoms with van der Waals surface area (Å²) in [5, 5.41) is 11.9. The van der Waals surface area contributed by atoms with Crippen molar-refractivity contribution >= 4 is 55.7 Å². The Hall–Kier alpha value is -3.55. The molecule has 34 heavy (non-hydrogen) atoms. The van der Waals surface area contributed by atoms with E-state index in [-0.39, 0.29) is 16.9 Å². The van der Waals surface area contributed by atoms with E-state index in [0.29, 0.717) is 21.2 Å². The van der Waals surface area contributed by atoms with Crippen LogP contribution < -0.4 is 4.90 Å². The second-order valence-corrected chi connectivity index (χ2v) is 9.33. The van der Waals surface area contributed by atoms with Crippen molar-refractivity contribution < 1.29 is 19.1 Å². The van der Waals surface area contributed by atoms with Gasteiger partial charge in [0.25, 0.3) is 5.78 Å². The van der Waals surface area contributed by atoms with Gasteiger partial charge in [-0.25, -0.2) is 9.37 Å². The van der Waals surface area contributed by atoms with Crippen molar-refractivity contribution in [3.8, 4) is 0 Å². The van der Waals surface area contributed by atoms with Gasteiger partial charge in [-0.15, -0.1) is 0 Å². The first-order valence-corrected chi connectivity index (χ1v) is 11.8. The predicted octanol–water partition coefficient (Wildman–Crippen LogP) is 6.28. The molecule has 0 saturated carbocycles. The van der Waals surface area contributed by atoms with Gasteiger partial charge in [-0.05, 0) is 66.1 Å². The number of amides is 1. The van der Waals surface area contributed by atoms with Crippen LogP contribution in [0.15, 0.2) is 72.3 Å². The number of anilines is 1. The third kappa shape index (κ3) is 3.77. The van der Waals surface area contributed by atoms with Gasteiger partial charge in [-0.3, -0.25) is 14.5 Å². The zero-order chi connectivity index (χ0) is 24.0. The van der Waals surface area contributed by atoms with Crippen LogP contribution in [0.5, 0.6) is 0 Å². The molecule has 0 unspecified atom stereocenters. The van der Waals surface area contributed by atoms with Crippen molar-refractivity contribution in [3.63, 3.8) is 0 Å². The van der Waals surface area contributed by atoms with E-state index in [1.54, 1.807) is 24.3 Å². The summed E-state index contributed by atoms with van der Waals surface area (Å²) < 4.78 is 14.3. The van der Waals surface area contributed by atoms with E-state index in [9.17, 15) is 19.1 Å². The number of carbonyl (C=O) groups is 2. The molecule has 170 valence electrons. The van der Waals surface area contributed by atoms with Crippen molar-refractivity contribution in [2.24, 2.45) is 0 Å². The molecule has 8 heteroatoms. The average Bonchev–Trinajstić information content (AvgIpc) is 3.37. The molecule has 1 aromatic heterocycles. The Morgan fingerprint density at radius 3 is 2.47 bits per heavy atom. The number of thiazole rings is 1. The Morgan fingerprint density at radius 2 is 1.79 bits per heavy atom. The molecule has 4 aromatic rings. The monoisotopic (exact) mass is 492 g/mol. The van der Waals surface area contributed by atoms with Crippen molar-refractivity contribution in [3.05, 3.63) is 99.8 Å². The van der Waals surface area contributed by atoms with Gasteiger partial charge in [-0.1, -0.05) is 48.1 Å². The number of aryl methyl sites for hydroxylation is 1. The molecule has 0 bridgehead atoms. The lowest BCUT2D eigenvalue weighted by Gasteiger charge is -2.23. The Morgan fingerprint density at radius 1 is 1.09 bits per heavy atom. The van der Waals surface area contributed by atoms with Crippen LogP contribution >= 0.6 is 22.9 Å². The second kappa shape index (κ2) is 8.66. The molecule has 1 N–H and O–H groups in total. The molecule has 5 nitrogen and oxygen atoms in total. The Balaban J connectivity index is 1.71. The van der Waals surface area contributed by atoms with E-state index in [0.717, 1.165) is 16.7 Å². The minimum atomic E-state index is -0.923. The van der Waals surface area contributed by atoms with E-state index in [1.165, 1.54) is 40.5 Å². The molecule has 0 aliphatic carbocycles. The fraction of sp³-hybridized carbons (Fsp3) is 0.115. The smallest absolute Gasteiger partial charge is 0.301 e. The molecule has 1 saturated heterocycles. The van der Waals surface area contributed by atoms with E-state index >= 15 is 0 Å². The van der Waals surface area contributed by atoms with Crippen molar-refractivity contribution in [1.29, 1.82) is 0 Å². The fourth-order valence-corrected chi connectivity index (χ4v) is 5.22. The Labute approximate surface area is 203 Å². The summed E-state index contributed by atoms with van der Waals surface area (Å²) in [6.45, 7) is 2.05. The molecule has 2 heterocycles. The van der Waals surface area contributed by atoms with Crippen LogP contribution in [-0.4, -0.2) is 21.8 Å². The lowest BCUT2D eigenvalue weighted by Crippen LogP contribution is -2.29. The third-order valence-electron chi connectivity index (χ3n) is 5.80. The van der Waals surface area contributed by atoms with Crippen LogP contribution in [0, 0.1) is 5.82 Å². The molecule has 1 atom stereocenters. The molecular weight excluding hydrogens is 475 g/mol. The highest BCUT2D eigenvalue weighted by atomic mass is 35.5. The summed E-state index contributed by atoms with van der Waals surface area (Å²) >= 11 is 7.37. The summed E-state index contributed by atoms with van der Waals surface area (Å²) in [6, 6.07) is 16.8. The van der Waals surface area contributed by atoms with E-state index in [2.05, 4.69) is 11.9 Å². The lowest BCUT2D eigenvalue weighted by atomic mass is 9.95. The van der Waals surface area contributed by atoms with Gasteiger partial charge in [-0.2, -0.15) is 0 Å². The topological polar surface area (TPSA) is 70.5 Å². The number of aromatic nitrogens is 1. The number of aliphatic hydroxyl groups excluding tert-OH is 1. The normalized spacial score (nSPS) is 17.6. The standard InChI is InChI=1S/C26H18ClFN2O3S/c1-2-14-3-12-19-20(13-14)34-26(29-19)30-22(15-4-8-17(27)9-5-15)21(24(32)25(30)33)23(31)16-6-10-18(28)11-7-16/h3-13,22,31H,2H2,1H3/b23-21+/t22-/m1/s1. The average molecular weight is 493 g/mol. The van der Waals surface area contributed by atoms with Gasteiger partial charge in [0, 0.05) is 10.6 Å². The Bertz CT molecular complexity index is 1460. The predicted molar refractivity (Wildman–Crippen MR) is 132 cm³/mol. The van der Waals surface area contributed by atoms with Crippen molar-refractivity contribution in [2.45, 2.75) is 19.4 Å². The quantitative estimate of drug-likeness (QED) is 0.207. The Kier molecular flexibility index (Phi) is 5.67. The van der Waals surface area contributed by atoms with Gasteiger partial charge in [0.1, 0.15) is 11.6 Å². The maximum absolute atomic E-state index is 13.4. The maximum Gasteiger partial charge on any atom is 0.301 e. The first-order chi connectivity index (χ1) is 16.4. The zero-order valence-electron chi connectivity index (χ0n) is 18.0. The number of carbonyl (C=O) groups excluding carboxylic acids is 2. The number of ketones is 1. The summed E-state index contributed by atoms with van der Waals surface area (Å²) in [6.07, 6.45) is 0.857. The molecule has 1 amide bonds. The number of Topliss-reactive ketones (excluding diaryl/α,β-unsaturated/α-hetero) is 1. The molecule has 0 radical (unpaired) electrons. The van der Waals surface area contributed by atoms with E-state index < -0.39 is 23.5 Å². The summed E-state index contributed by atoms with van der Waals surface area (Å²) in [5.41, 5.74) is 2.58. The highest BCUT2D eigenvalue weighted by molar-refractivity contribution is 7.22. The number of fused-ring (bicyclic) bond motifs is 1. The highest BCUT2D eigenvalue weighted by Crippen LogP contribution is 2.44. The van der Waals surface area contributed by atoms with Crippen LogP contribution in [0.25, 0.3) is 16.0 Å². The molecule has 5 rings (SSSR count). The number of halogens is 2. The highest BCUT2D eigenvalue weighted by Gasteiger charge is 2.48. The summed E-state index contributed by atoms with van der Waals surface area (Å²) in [7, 11) is 0. The van der Waals surface area contributed by atoms with Crippen LogP contribution in [0.4, 0.5) is 9.52 Å². The van der Waals surface area contributed by atoms with Crippen molar-refractivity contribution in [2.75, 3.05) is 4.90 Å². The zero-order valence-corrected chi connectivity index (χ0v) is 19.5. The van der Waals surface area contributed by atoms with E-state index in [1.807, 2.05) is 18.2 Å². The first-order valence-electron chi connectivity index (χ1n) is 10.6. The number of nitrogens with zero attached hydrogens (tertiary/aromatic N) is 2. The molecule has 0 spiro atoms. The number of benzene rings is 3. The van der Waals surface area contributed by atoms with Crippen molar-refractivity contribution in [1.82, 2.24) is 4.98 Å². The number of aliphatic hydroxyl groups is 1. The molecular formula is C26H18ClFN2O3S. The summed E-state index contributed by atoms with van der Waals surface area (Å²) in [5.74, 6) is -2.49. The van der Waals surface area contributed by atoms with Gasteiger partial charge < -0.3 is 5.11 Å². The van der Waals surface area contributed by atoms with E-state index in [4.69, 9.17) is 11.6 Å². The molecule has 3 aromatic carbocycles. The maximum atomic E-state index is 13.4. The van der Waals surface area contributed by atoms with Crippen LogP contribution in [0.2, 0.25) is 5.02 Å². The summed E-state index contributed by atoms with van der Waals surface area (Å²) in [4.78, 5) is 32.4. The van der Waals surface area contributed by atoms with Gasteiger partial charge in [0.15, 0.2) is 5.13 Å². The molecule has 1 aliphatic rings. The number of hydrogen-bond acceptors (Lipinski definition) is 5. The third-order valence-corrected chi connectivity index (χ3v) is 7.07.